The molecule has 2 heterocycles. The third-order valence-corrected chi connectivity index (χ3v) is 2.89. The quantitative estimate of drug-likeness (QED) is 0.294. The Bertz CT molecular complexity index is 638. The number of hydrogen-bond donors (Lipinski definition) is 7. The van der Waals surface area contributed by atoms with Crippen molar-refractivity contribution in [3.63, 3.8) is 0 Å². The molecular weight excluding hydrogens is 268 g/mol. The molecule has 0 fully saturated rings. The first-order valence-electron chi connectivity index (χ1n) is 5.92. The van der Waals surface area contributed by atoms with Crippen LogP contribution in [0.15, 0.2) is 4.79 Å². The highest BCUT2D eigenvalue weighted by molar-refractivity contribution is 5.76. The number of aromatic amines is 2. The van der Waals surface area contributed by atoms with Gasteiger partial charge in [-0.2, -0.15) is 5.10 Å². The molecule has 8 N–H and O–H groups in total. The molecule has 0 radical (unpaired) electrons. The zero-order valence-corrected chi connectivity index (χ0v) is 10.5. The summed E-state index contributed by atoms with van der Waals surface area (Å²) in [4.78, 5) is 17.9. The predicted octanol–water partition coefficient (Wildman–Crippen LogP) is -2.97. The Hall–Kier alpha value is -2.01. The highest BCUT2D eigenvalue weighted by Crippen LogP contribution is 2.10. The Morgan fingerprint density at radius 1 is 1.30 bits per heavy atom. The number of hydrogen-bond acceptors (Lipinski definition) is 8. The maximum absolute atomic E-state index is 11.6. The lowest BCUT2D eigenvalue weighted by atomic mass is 10.2. The fourth-order valence-corrected chi connectivity index (χ4v) is 1.78. The summed E-state index contributed by atoms with van der Waals surface area (Å²) in [5.41, 5.74) is 5.93. The van der Waals surface area contributed by atoms with E-state index in [0.717, 1.165) is 0 Å². The molecule has 2 atom stereocenters. The molecule has 10 nitrogen and oxygen atoms in total. The van der Waals surface area contributed by atoms with Crippen molar-refractivity contribution >= 4 is 17.0 Å². The molecule has 0 spiro atoms. The number of rotatable bonds is 6. The molecule has 0 aliphatic rings. The summed E-state index contributed by atoms with van der Waals surface area (Å²) in [6.07, 6.45) is -1.10. The summed E-state index contributed by atoms with van der Waals surface area (Å²) < 4.78 is 0. The topological polar surface area (TPSA) is 173 Å². The zero-order valence-electron chi connectivity index (χ0n) is 10.5. The number of nitrogen functional groups attached to an aromatic ring is 1. The number of fused-ring (bicyclic) bond motifs is 1. The number of H-pyrrole nitrogens is 2. The third kappa shape index (κ3) is 2.77. The van der Waals surface area contributed by atoms with E-state index in [0.29, 0.717) is 11.2 Å². The molecule has 2 rings (SSSR count). The summed E-state index contributed by atoms with van der Waals surface area (Å²) >= 11 is 0. The molecule has 0 unspecified atom stereocenters. The minimum absolute atomic E-state index is 0.0285. The highest BCUT2D eigenvalue weighted by atomic mass is 16.3. The summed E-state index contributed by atoms with van der Waals surface area (Å²) in [6, 6.07) is -0.710. The summed E-state index contributed by atoms with van der Waals surface area (Å²) in [7, 11) is 0. The van der Waals surface area contributed by atoms with Crippen LogP contribution in [0, 0.1) is 0 Å². The Morgan fingerprint density at radius 3 is 2.70 bits per heavy atom. The molecule has 2 aromatic heterocycles. The van der Waals surface area contributed by atoms with Crippen LogP contribution < -0.4 is 16.6 Å². The van der Waals surface area contributed by atoms with Crippen LogP contribution in [0.25, 0.3) is 11.0 Å². The molecular formula is C10H16N6O4. The fraction of sp³-hybridized carbons (Fsp3) is 0.500. The Morgan fingerprint density at radius 2 is 2.05 bits per heavy atom. The Balaban J connectivity index is 2.20. The van der Waals surface area contributed by atoms with Gasteiger partial charge in [-0.25, -0.2) is 4.98 Å². The number of anilines is 1. The van der Waals surface area contributed by atoms with Crippen molar-refractivity contribution in [1.29, 1.82) is 0 Å². The van der Waals surface area contributed by atoms with E-state index in [-0.39, 0.29) is 24.6 Å². The van der Waals surface area contributed by atoms with Crippen molar-refractivity contribution < 1.29 is 15.3 Å². The largest absolute Gasteiger partial charge is 0.395 e. The third-order valence-electron chi connectivity index (χ3n) is 2.89. The number of aliphatic hydroxyl groups is 3. The molecule has 0 aromatic carbocycles. The van der Waals surface area contributed by atoms with Crippen molar-refractivity contribution in [2.75, 3.05) is 18.9 Å². The van der Waals surface area contributed by atoms with Gasteiger partial charge in [-0.15, -0.1) is 0 Å². The lowest BCUT2D eigenvalue weighted by molar-refractivity contribution is 0.0409. The smallest absolute Gasteiger partial charge is 0.280 e. The van der Waals surface area contributed by atoms with Crippen LogP contribution in [0.1, 0.15) is 5.69 Å². The minimum Gasteiger partial charge on any atom is -0.395 e. The van der Waals surface area contributed by atoms with Gasteiger partial charge in [0.25, 0.3) is 5.56 Å². The second-order valence-corrected chi connectivity index (χ2v) is 4.27. The van der Waals surface area contributed by atoms with E-state index < -0.39 is 24.3 Å². The summed E-state index contributed by atoms with van der Waals surface area (Å²) in [5.74, 6) is -0.0285. The molecule has 0 saturated carbocycles. The second kappa shape index (κ2) is 5.96. The molecule has 20 heavy (non-hydrogen) atoms. The average Bonchev–Trinajstić information content (AvgIpc) is 2.82. The molecule has 0 saturated heterocycles. The SMILES string of the molecule is Nc1nc2c(CN[C@@H](CO)[C@@H](O)CO)[nH]nc2c(=O)[nH]1. The van der Waals surface area contributed by atoms with Gasteiger partial charge in [0, 0.05) is 6.54 Å². The molecule has 0 aliphatic heterocycles. The van der Waals surface area contributed by atoms with Crippen LogP contribution in [0.2, 0.25) is 0 Å². The maximum Gasteiger partial charge on any atom is 0.280 e. The Kier molecular flexibility index (Phi) is 4.29. The molecule has 0 amide bonds. The van der Waals surface area contributed by atoms with Crippen LogP contribution in [-0.4, -0.2) is 60.8 Å². The van der Waals surface area contributed by atoms with Gasteiger partial charge in [0.2, 0.25) is 5.95 Å². The van der Waals surface area contributed by atoms with Gasteiger partial charge in [-0.3, -0.25) is 14.9 Å². The fourth-order valence-electron chi connectivity index (χ4n) is 1.78. The van der Waals surface area contributed by atoms with E-state index in [1.807, 2.05) is 0 Å². The average molecular weight is 284 g/mol. The number of nitrogens with zero attached hydrogens (tertiary/aromatic N) is 2. The molecule has 110 valence electrons. The second-order valence-electron chi connectivity index (χ2n) is 4.27. The van der Waals surface area contributed by atoms with Gasteiger partial charge < -0.3 is 26.4 Å². The van der Waals surface area contributed by atoms with E-state index in [4.69, 9.17) is 15.9 Å². The van der Waals surface area contributed by atoms with Gasteiger partial charge >= 0.3 is 0 Å². The van der Waals surface area contributed by atoms with Crippen molar-refractivity contribution in [1.82, 2.24) is 25.5 Å². The zero-order chi connectivity index (χ0) is 14.7. The van der Waals surface area contributed by atoms with Crippen LogP contribution >= 0.6 is 0 Å². The molecule has 0 aliphatic carbocycles. The van der Waals surface area contributed by atoms with Gasteiger partial charge in [0.15, 0.2) is 5.52 Å². The van der Waals surface area contributed by atoms with E-state index in [1.54, 1.807) is 0 Å². The number of nitrogens with one attached hydrogen (secondary N) is 3. The summed E-state index contributed by atoms with van der Waals surface area (Å²) in [5, 5.41) is 36.7. The Labute approximate surface area is 112 Å². The monoisotopic (exact) mass is 284 g/mol. The first-order chi connectivity index (χ1) is 9.56. The van der Waals surface area contributed by atoms with Gasteiger partial charge in [0.1, 0.15) is 5.52 Å². The number of aliphatic hydroxyl groups excluding tert-OH is 3. The van der Waals surface area contributed by atoms with Gasteiger partial charge in [-0.05, 0) is 0 Å². The van der Waals surface area contributed by atoms with Crippen molar-refractivity contribution in [2.45, 2.75) is 18.7 Å². The van der Waals surface area contributed by atoms with Crippen molar-refractivity contribution in [2.24, 2.45) is 0 Å². The highest BCUT2D eigenvalue weighted by Gasteiger charge is 2.18. The van der Waals surface area contributed by atoms with E-state index in [2.05, 4.69) is 25.5 Å². The van der Waals surface area contributed by atoms with Gasteiger partial charge in [0.05, 0.1) is 31.1 Å². The van der Waals surface area contributed by atoms with E-state index >= 15 is 0 Å². The number of nitrogens with two attached hydrogens (primary N) is 1. The van der Waals surface area contributed by atoms with Crippen molar-refractivity contribution in [3.05, 3.63) is 16.0 Å². The summed E-state index contributed by atoms with van der Waals surface area (Å²) in [6.45, 7) is -0.675. The molecule has 0 bridgehead atoms. The van der Waals surface area contributed by atoms with Gasteiger partial charge in [-0.1, -0.05) is 0 Å². The predicted molar refractivity (Wildman–Crippen MR) is 69.7 cm³/mol. The molecule has 10 heteroatoms. The minimum atomic E-state index is -1.10. The normalized spacial score (nSPS) is 14.6. The van der Waals surface area contributed by atoms with Crippen molar-refractivity contribution in [3.8, 4) is 0 Å². The standard InChI is InChI=1S/C10H16N6O4/c11-10-13-7-4(15-16-8(7)9(20)14-10)1-12-5(2-17)6(19)3-18/h5-6,12,17-19H,1-3H2,(H,15,16)(H3,11,13,14,20)/t5-,6-/m0/s1. The van der Waals surface area contributed by atoms with Crippen LogP contribution in [0.3, 0.4) is 0 Å². The van der Waals surface area contributed by atoms with E-state index in [9.17, 15) is 9.90 Å². The lowest BCUT2D eigenvalue weighted by Gasteiger charge is -2.20. The first-order valence-corrected chi connectivity index (χ1v) is 5.92. The lowest BCUT2D eigenvalue weighted by Crippen LogP contribution is -2.44. The molecule has 2 aromatic rings. The van der Waals surface area contributed by atoms with Crippen LogP contribution in [0.4, 0.5) is 5.95 Å². The first kappa shape index (κ1) is 14.4. The van der Waals surface area contributed by atoms with E-state index in [1.165, 1.54) is 0 Å². The van der Waals surface area contributed by atoms with Crippen LogP contribution in [-0.2, 0) is 6.54 Å². The maximum atomic E-state index is 11.6. The van der Waals surface area contributed by atoms with Crippen LogP contribution in [0.5, 0.6) is 0 Å². The number of aromatic nitrogens is 4.